The van der Waals surface area contributed by atoms with Gasteiger partial charge in [-0.3, -0.25) is 0 Å². The van der Waals surface area contributed by atoms with Crippen LogP contribution in [0.1, 0.15) is 60.9 Å². The minimum Gasteiger partial charge on any atom is -0.368 e. The number of rotatable bonds is 2. The molecule has 0 radical (unpaired) electrons. The first-order valence-electron chi connectivity index (χ1n) is 10.1. The van der Waals surface area contributed by atoms with Crippen LogP contribution in [0.25, 0.3) is 5.65 Å². The number of anilines is 1. The molecular weight excluding hydrogens is 340 g/mol. The smallest absolute Gasteiger partial charge is 0.201 e. The van der Waals surface area contributed by atoms with Crippen molar-refractivity contribution in [3.63, 3.8) is 0 Å². The number of hydrogen-bond donors (Lipinski definition) is 0. The molecule has 1 fully saturated rings. The van der Waals surface area contributed by atoms with Gasteiger partial charge in [-0.2, -0.15) is 9.61 Å². The number of aryl methyl sites for hydroxylation is 2. The van der Waals surface area contributed by atoms with E-state index >= 15 is 0 Å². The maximum Gasteiger partial charge on any atom is 0.201 e. The third-order valence-electron chi connectivity index (χ3n) is 6.21. The molecule has 8 heteroatoms. The van der Waals surface area contributed by atoms with E-state index in [2.05, 4.69) is 48.8 Å². The molecule has 3 aromatic rings. The monoisotopic (exact) mass is 366 g/mol. The van der Waals surface area contributed by atoms with E-state index in [4.69, 9.17) is 0 Å². The number of hydrogen-bond acceptors (Lipinski definition) is 6. The Labute approximate surface area is 158 Å². The van der Waals surface area contributed by atoms with Crippen LogP contribution in [-0.4, -0.2) is 47.7 Å². The standard InChI is InChI=1S/C19H26N8/c1-13-14(2)24-27-12-20-22-19(27)17(13)25-10-7-15(8-11-25)18-23-21-16-6-4-3-5-9-26(16)18/h12,15H,3-11H2,1-2H3. The van der Waals surface area contributed by atoms with E-state index in [0.717, 1.165) is 50.2 Å². The lowest BCUT2D eigenvalue weighted by Crippen LogP contribution is -2.35. The lowest BCUT2D eigenvalue weighted by molar-refractivity contribution is 0.459. The predicted octanol–water partition coefficient (Wildman–Crippen LogP) is 2.44. The molecule has 0 aliphatic carbocycles. The molecule has 0 aromatic carbocycles. The molecule has 2 aliphatic heterocycles. The Morgan fingerprint density at radius 3 is 2.67 bits per heavy atom. The normalized spacial score (nSPS) is 18.7. The Hall–Kier alpha value is -2.51. The van der Waals surface area contributed by atoms with Crippen LogP contribution in [0, 0.1) is 13.8 Å². The molecule has 0 amide bonds. The molecule has 1 saturated heterocycles. The minimum absolute atomic E-state index is 0.498. The molecule has 0 atom stereocenters. The third-order valence-corrected chi connectivity index (χ3v) is 6.21. The fourth-order valence-corrected chi connectivity index (χ4v) is 4.58. The highest BCUT2D eigenvalue weighted by atomic mass is 15.4. The van der Waals surface area contributed by atoms with Gasteiger partial charge >= 0.3 is 0 Å². The molecule has 0 unspecified atom stereocenters. The van der Waals surface area contributed by atoms with Crippen molar-refractivity contribution in [2.75, 3.05) is 18.0 Å². The predicted molar refractivity (Wildman–Crippen MR) is 102 cm³/mol. The fraction of sp³-hybridized carbons (Fsp3) is 0.632. The van der Waals surface area contributed by atoms with Gasteiger partial charge in [-0.1, -0.05) is 6.42 Å². The molecule has 142 valence electrons. The van der Waals surface area contributed by atoms with Crippen molar-refractivity contribution in [2.24, 2.45) is 0 Å². The van der Waals surface area contributed by atoms with Gasteiger partial charge in [-0.05, 0) is 45.1 Å². The summed E-state index contributed by atoms with van der Waals surface area (Å²) in [6.45, 7) is 7.27. The summed E-state index contributed by atoms with van der Waals surface area (Å²) in [6, 6.07) is 0. The van der Waals surface area contributed by atoms with Crippen LogP contribution >= 0.6 is 0 Å². The maximum absolute atomic E-state index is 4.59. The summed E-state index contributed by atoms with van der Waals surface area (Å²) < 4.78 is 4.20. The van der Waals surface area contributed by atoms with Gasteiger partial charge in [0.05, 0.1) is 11.4 Å². The molecule has 5 heterocycles. The maximum atomic E-state index is 4.59. The summed E-state index contributed by atoms with van der Waals surface area (Å²) in [6.07, 6.45) is 8.74. The van der Waals surface area contributed by atoms with Gasteiger partial charge < -0.3 is 9.47 Å². The van der Waals surface area contributed by atoms with Crippen molar-refractivity contribution in [1.82, 2.24) is 34.6 Å². The summed E-state index contributed by atoms with van der Waals surface area (Å²) in [5, 5.41) is 22.0. The Morgan fingerprint density at radius 1 is 0.963 bits per heavy atom. The zero-order valence-electron chi connectivity index (χ0n) is 16.1. The van der Waals surface area contributed by atoms with Crippen molar-refractivity contribution in [2.45, 2.75) is 64.8 Å². The van der Waals surface area contributed by atoms with Crippen molar-refractivity contribution in [3.8, 4) is 0 Å². The first-order valence-corrected chi connectivity index (χ1v) is 10.1. The second kappa shape index (κ2) is 6.58. The molecule has 0 spiro atoms. The van der Waals surface area contributed by atoms with E-state index in [1.807, 2.05) is 0 Å². The van der Waals surface area contributed by atoms with Gasteiger partial charge in [0, 0.05) is 32.0 Å². The summed E-state index contributed by atoms with van der Waals surface area (Å²) in [5.41, 5.74) is 4.26. The van der Waals surface area contributed by atoms with E-state index in [1.54, 1.807) is 10.8 Å². The van der Waals surface area contributed by atoms with Gasteiger partial charge in [-0.15, -0.1) is 20.4 Å². The highest BCUT2D eigenvalue weighted by molar-refractivity contribution is 5.72. The van der Waals surface area contributed by atoms with Crippen LogP contribution in [0.15, 0.2) is 6.33 Å². The minimum atomic E-state index is 0.498. The number of nitrogens with zero attached hydrogens (tertiary/aromatic N) is 8. The lowest BCUT2D eigenvalue weighted by atomic mass is 9.95. The fourth-order valence-electron chi connectivity index (χ4n) is 4.58. The van der Waals surface area contributed by atoms with Crippen LogP contribution in [0.2, 0.25) is 0 Å². The number of piperidine rings is 1. The molecule has 3 aromatic heterocycles. The molecule has 0 N–H and O–H groups in total. The van der Waals surface area contributed by atoms with Crippen molar-refractivity contribution < 1.29 is 0 Å². The zero-order chi connectivity index (χ0) is 18.4. The third kappa shape index (κ3) is 2.78. The lowest BCUT2D eigenvalue weighted by Gasteiger charge is -2.34. The first-order chi connectivity index (χ1) is 13.2. The molecule has 5 rings (SSSR count). The average Bonchev–Trinajstić information content (AvgIpc) is 3.23. The molecule has 2 aliphatic rings. The quantitative estimate of drug-likeness (QED) is 0.693. The van der Waals surface area contributed by atoms with Crippen molar-refractivity contribution in [3.05, 3.63) is 29.2 Å². The summed E-state index contributed by atoms with van der Waals surface area (Å²) in [4.78, 5) is 2.45. The van der Waals surface area contributed by atoms with Gasteiger partial charge in [0.25, 0.3) is 0 Å². The topological polar surface area (TPSA) is 77.0 Å². The van der Waals surface area contributed by atoms with Crippen LogP contribution < -0.4 is 4.90 Å². The van der Waals surface area contributed by atoms with Crippen LogP contribution in [0.3, 0.4) is 0 Å². The van der Waals surface area contributed by atoms with E-state index in [-0.39, 0.29) is 0 Å². The summed E-state index contributed by atoms with van der Waals surface area (Å²) >= 11 is 0. The number of fused-ring (bicyclic) bond motifs is 2. The molecule has 0 bridgehead atoms. The van der Waals surface area contributed by atoms with E-state index < -0.39 is 0 Å². The Kier molecular flexibility index (Phi) is 4.06. The Bertz CT molecular complexity index is 964. The van der Waals surface area contributed by atoms with Gasteiger partial charge in [-0.25, -0.2) is 0 Å². The van der Waals surface area contributed by atoms with Crippen molar-refractivity contribution >= 4 is 11.3 Å². The SMILES string of the molecule is Cc1nn2cnnc2c(N2CCC(c3nnc4n3CCCCC4)CC2)c1C. The first kappa shape index (κ1) is 16.6. The number of aromatic nitrogens is 7. The second-order valence-electron chi connectivity index (χ2n) is 7.86. The Morgan fingerprint density at radius 2 is 1.81 bits per heavy atom. The molecule has 8 nitrogen and oxygen atoms in total. The molecule has 27 heavy (non-hydrogen) atoms. The van der Waals surface area contributed by atoms with Crippen molar-refractivity contribution in [1.29, 1.82) is 0 Å². The van der Waals surface area contributed by atoms with E-state index in [0.29, 0.717) is 5.92 Å². The molecule has 0 saturated carbocycles. The highest BCUT2D eigenvalue weighted by Gasteiger charge is 2.28. The second-order valence-corrected chi connectivity index (χ2v) is 7.86. The van der Waals surface area contributed by atoms with E-state index in [9.17, 15) is 0 Å². The highest BCUT2D eigenvalue weighted by Crippen LogP contribution is 2.34. The van der Waals surface area contributed by atoms with Crippen LogP contribution in [-0.2, 0) is 13.0 Å². The summed E-state index contributed by atoms with van der Waals surface area (Å²) in [5.74, 6) is 2.90. The summed E-state index contributed by atoms with van der Waals surface area (Å²) in [7, 11) is 0. The largest absolute Gasteiger partial charge is 0.368 e. The Balaban J connectivity index is 1.39. The van der Waals surface area contributed by atoms with E-state index in [1.165, 1.54) is 42.2 Å². The van der Waals surface area contributed by atoms with Gasteiger partial charge in [0.1, 0.15) is 18.0 Å². The van der Waals surface area contributed by atoms with Gasteiger partial charge in [0.2, 0.25) is 5.65 Å². The van der Waals surface area contributed by atoms with Gasteiger partial charge in [0.15, 0.2) is 0 Å². The van der Waals surface area contributed by atoms with Crippen LogP contribution in [0.5, 0.6) is 0 Å². The van der Waals surface area contributed by atoms with Crippen LogP contribution in [0.4, 0.5) is 5.69 Å². The average molecular weight is 366 g/mol. The zero-order valence-corrected chi connectivity index (χ0v) is 16.1. The molecular formula is C19H26N8.